The van der Waals surface area contributed by atoms with Gasteiger partial charge in [-0.05, 0) is 62.1 Å². The minimum atomic E-state index is 0.211. The highest BCUT2D eigenvalue weighted by Gasteiger charge is 2.28. The minimum Gasteiger partial charge on any atom is -0.496 e. The number of piperazine rings is 1. The number of anilines is 2. The Morgan fingerprint density at radius 2 is 1.60 bits per heavy atom. The van der Waals surface area contributed by atoms with E-state index in [-0.39, 0.29) is 5.91 Å². The number of carbonyl (C=O) groups is 1. The van der Waals surface area contributed by atoms with Crippen molar-refractivity contribution in [2.24, 2.45) is 5.92 Å². The first-order chi connectivity index (χ1) is 17.0. The molecular formula is C29H40N4O2. The summed E-state index contributed by atoms with van der Waals surface area (Å²) in [6.45, 7) is 10.2. The van der Waals surface area contributed by atoms with E-state index >= 15 is 0 Å². The molecule has 1 amide bonds. The smallest absolute Gasteiger partial charge is 0.227 e. The van der Waals surface area contributed by atoms with E-state index in [0.29, 0.717) is 13.0 Å². The van der Waals surface area contributed by atoms with Crippen molar-refractivity contribution in [3.05, 3.63) is 53.1 Å². The maximum absolute atomic E-state index is 13.3. The van der Waals surface area contributed by atoms with Gasteiger partial charge in [-0.25, -0.2) is 0 Å². The number of hydrogen-bond donors (Lipinski definition) is 0. The summed E-state index contributed by atoms with van der Waals surface area (Å²) in [7, 11) is 3.93. The van der Waals surface area contributed by atoms with Gasteiger partial charge in [-0.3, -0.25) is 4.79 Å². The predicted molar refractivity (Wildman–Crippen MR) is 143 cm³/mol. The summed E-state index contributed by atoms with van der Waals surface area (Å²) >= 11 is 0. The molecule has 35 heavy (non-hydrogen) atoms. The second-order valence-electron chi connectivity index (χ2n) is 10.6. The van der Waals surface area contributed by atoms with Gasteiger partial charge < -0.3 is 24.3 Å². The lowest BCUT2D eigenvalue weighted by molar-refractivity contribution is -0.131. The van der Waals surface area contributed by atoms with E-state index in [1.165, 1.54) is 35.3 Å². The molecule has 5 rings (SSSR count). The standard InChI is InChI=1S/C29H40N4O2/c1-22-10-13-31(14-11-22)24-6-4-23(5-7-24)20-29(34)33-15-12-25-26(21-33)27(8-9-28(25)35-3)32-18-16-30(2)17-19-32/h4-9,22H,10-21H2,1-3H3. The van der Waals surface area contributed by atoms with Crippen LogP contribution in [0.5, 0.6) is 5.75 Å². The molecule has 0 saturated carbocycles. The van der Waals surface area contributed by atoms with Crippen LogP contribution in [0.4, 0.5) is 11.4 Å². The summed E-state index contributed by atoms with van der Waals surface area (Å²) in [6.07, 6.45) is 3.83. The first-order valence-corrected chi connectivity index (χ1v) is 13.3. The lowest BCUT2D eigenvalue weighted by Gasteiger charge is -2.38. The summed E-state index contributed by atoms with van der Waals surface area (Å²) in [5, 5.41) is 0. The van der Waals surface area contributed by atoms with E-state index in [1.54, 1.807) is 7.11 Å². The molecule has 0 atom stereocenters. The summed E-state index contributed by atoms with van der Waals surface area (Å²) in [5.74, 6) is 1.99. The zero-order valence-electron chi connectivity index (χ0n) is 21.6. The van der Waals surface area contributed by atoms with E-state index in [9.17, 15) is 4.79 Å². The van der Waals surface area contributed by atoms with Gasteiger partial charge in [-0.1, -0.05) is 19.1 Å². The van der Waals surface area contributed by atoms with E-state index in [1.807, 2.05) is 4.90 Å². The summed E-state index contributed by atoms with van der Waals surface area (Å²) in [4.78, 5) is 22.7. The van der Waals surface area contributed by atoms with Crippen molar-refractivity contribution in [2.75, 3.05) is 69.8 Å². The number of methoxy groups -OCH3 is 1. The van der Waals surface area contributed by atoms with Crippen molar-refractivity contribution in [3.8, 4) is 5.75 Å². The summed E-state index contributed by atoms with van der Waals surface area (Å²) < 4.78 is 5.70. The molecule has 3 heterocycles. The largest absolute Gasteiger partial charge is 0.496 e. The SMILES string of the molecule is COc1ccc(N2CCN(C)CC2)c2c1CCN(C(=O)Cc1ccc(N3CCC(C)CC3)cc1)C2. The number of amides is 1. The first-order valence-electron chi connectivity index (χ1n) is 13.3. The van der Waals surface area contributed by atoms with Crippen molar-refractivity contribution in [1.29, 1.82) is 0 Å². The fourth-order valence-electron chi connectivity index (χ4n) is 5.75. The van der Waals surface area contributed by atoms with Crippen LogP contribution >= 0.6 is 0 Å². The molecular weight excluding hydrogens is 436 g/mol. The van der Waals surface area contributed by atoms with Crippen LogP contribution in [0, 0.1) is 5.92 Å². The molecule has 2 fully saturated rings. The van der Waals surface area contributed by atoms with E-state index < -0.39 is 0 Å². The molecule has 0 spiro atoms. The summed E-state index contributed by atoms with van der Waals surface area (Å²) in [5.41, 5.74) is 6.19. The number of benzene rings is 2. The Morgan fingerprint density at radius 1 is 0.886 bits per heavy atom. The molecule has 6 nitrogen and oxygen atoms in total. The molecule has 2 aromatic rings. The topological polar surface area (TPSA) is 39.3 Å². The molecule has 0 radical (unpaired) electrons. The fourth-order valence-corrected chi connectivity index (χ4v) is 5.75. The molecule has 2 aromatic carbocycles. The quantitative estimate of drug-likeness (QED) is 0.656. The first kappa shape index (κ1) is 24.0. The Labute approximate surface area is 210 Å². The van der Waals surface area contributed by atoms with Crippen LogP contribution in [0.3, 0.4) is 0 Å². The average molecular weight is 477 g/mol. The van der Waals surface area contributed by atoms with Crippen LogP contribution in [-0.4, -0.2) is 75.7 Å². The van der Waals surface area contributed by atoms with E-state index in [0.717, 1.165) is 69.5 Å². The zero-order valence-corrected chi connectivity index (χ0v) is 21.6. The van der Waals surface area contributed by atoms with Gasteiger partial charge in [0.05, 0.1) is 13.5 Å². The van der Waals surface area contributed by atoms with Gasteiger partial charge in [0.1, 0.15) is 5.75 Å². The third-order valence-electron chi connectivity index (χ3n) is 8.20. The third kappa shape index (κ3) is 5.27. The third-order valence-corrected chi connectivity index (χ3v) is 8.20. The van der Waals surface area contributed by atoms with Gasteiger partial charge in [-0.15, -0.1) is 0 Å². The van der Waals surface area contributed by atoms with E-state index in [4.69, 9.17) is 4.74 Å². The van der Waals surface area contributed by atoms with Crippen molar-refractivity contribution in [3.63, 3.8) is 0 Å². The number of ether oxygens (including phenoxy) is 1. The molecule has 188 valence electrons. The van der Waals surface area contributed by atoms with Gasteiger partial charge in [0, 0.05) is 74.9 Å². The molecule has 0 aromatic heterocycles. The second kappa shape index (κ2) is 10.5. The van der Waals surface area contributed by atoms with Crippen LogP contribution < -0.4 is 14.5 Å². The Balaban J connectivity index is 1.27. The number of rotatable bonds is 5. The lowest BCUT2D eigenvalue weighted by Crippen LogP contribution is -2.45. The monoisotopic (exact) mass is 476 g/mol. The van der Waals surface area contributed by atoms with Gasteiger partial charge in [0.2, 0.25) is 5.91 Å². The highest BCUT2D eigenvalue weighted by atomic mass is 16.5. The highest BCUT2D eigenvalue weighted by molar-refractivity contribution is 5.80. The molecule has 0 aliphatic carbocycles. The van der Waals surface area contributed by atoms with Crippen molar-refractivity contribution in [2.45, 2.75) is 39.2 Å². The van der Waals surface area contributed by atoms with Crippen molar-refractivity contribution < 1.29 is 9.53 Å². The molecule has 0 bridgehead atoms. The fraction of sp³-hybridized carbons (Fsp3) is 0.552. The van der Waals surface area contributed by atoms with Crippen molar-refractivity contribution in [1.82, 2.24) is 9.80 Å². The number of piperidine rings is 1. The number of hydrogen-bond acceptors (Lipinski definition) is 5. The normalized spacial score (nSPS) is 19.6. The van der Waals surface area contributed by atoms with Gasteiger partial charge in [0.25, 0.3) is 0 Å². The number of carbonyl (C=O) groups excluding carboxylic acids is 1. The molecule has 6 heteroatoms. The zero-order chi connectivity index (χ0) is 24.4. The average Bonchev–Trinajstić information content (AvgIpc) is 2.89. The predicted octanol–water partition coefficient (Wildman–Crippen LogP) is 3.81. The Bertz CT molecular complexity index is 1020. The highest BCUT2D eigenvalue weighted by Crippen LogP contribution is 2.36. The van der Waals surface area contributed by atoms with Crippen LogP contribution in [0.25, 0.3) is 0 Å². The second-order valence-corrected chi connectivity index (χ2v) is 10.6. The van der Waals surface area contributed by atoms with Gasteiger partial charge in [-0.2, -0.15) is 0 Å². The Morgan fingerprint density at radius 3 is 2.29 bits per heavy atom. The number of likely N-dealkylation sites (N-methyl/N-ethyl adjacent to an activating group) is 1. The van der Waals surface area contributed by atoms with Gasteiger partial charge >= 0.3 is 0 Å². The van der Waals surface area contributed by atoms with E-state index in [2.05, 4.69) is 65.1 Å². The lowest BCUT2D eigenvalue weighted by atomic mass is 9.95. The number of nitrogens with zero attached hydrogens (tertiary/aromatic N) is 4. The Kier molecular flexibility index (Phi) is 7.19. The minimum absolute atomic E-state index is 0.211. The molecule has 2 saturated heterocycles. The maximum Gasteiger partial charge on any atom is 0.227 e. The maximum atomic E-state index is 13.3. The van der Waals surface area contributed by atoms with Crippen LogP contribution in [-0.2, 0) is 24.2 Å². The summed E-state index contributed by atoms with van der Waals surface area (Å²) in [6, 6.07) is 13.0. The van der Waals surface area contributed by atoms with Crippen molar-refractivity contribution >= 4 is 17.3 Å². The van der Waals surface area contributed by atoms with Gasteiger partial charge in [0.15, 0.2) is 0 Å². The van der Waals surface area contributed by atoms with Crippen LogP contribution in [0.15, 0.2) is 36.4 Å². The molecule has 3 aliphatic heterocycles. The Hall–Kier alpha value is -2.73. The molecule has 0 unspecified atom stereocenters. The molecule has 3 aliphatic rings. The van der Waals surface area contributed by atoms with Crippen LogP contribution in [0.1, 0.15) is 36.5 Å². The van der Waals surface area contributed by atoms with Crippen LogP contribution in [0.2, 0.25) is 0 Å². The number of fused-ring (bicyclic) bond motifs is 1. The molecule has 0 N–H and O–H groups in total.